The number of halogens is 3. The Bertz CT molecular complexity index is 18.5. The van der Waals surface area contributed by atoms with E-state index in [9.17, 15) is 0 Å². The Morgan fingerprint density at radius 3 is 0.889 bits per heavy atom. The largest absolute Gasteiger partial charge is 0.107 e. The first-order valence-corrected chi connectivity index (χ1v) is 10.8. The molecule has 0 nitrogen and oxygen atoms in total. The topological polar surface area (TPSA) is 0 Å². The highest BCUT2D eigenvalue weighted by Crippen LogP contribution is 1.88. The molecule has 0 aromatic carbocycles. The summed E-state index contributed by atoms with van der Waals surface area (Å²) in [5.41, 5.74) is 0. The second-order valence-corrected chi connectivity index (χ2v) is 0. The molecule has 9 heavy (non-hydrogen) atoms. The molecule has 0 spiro atoms. The molecule has 0 saturated heterocycles. The maximum atomic E-state index is 5.72. The third kappa shape index (κ3) is 97.3. The van der Waals surface area contributed by atoms with Crippen LogP contribution in [0.4, 0.5) is 0 Å². The first kappa shape index (κ1) is 22.7. The predicted octanol–water partition coefficient (Wildman–Crippen LogP) is 5.09. The monoisotopic (exact) mass is 509 g/mol. The summed E-state index contributed by atoms with van der Waals surface area (Å²) in [5.74, 6) is 0. The van der Waals surface area contributed by atoms with Gasteiger partial charge in [-0.25, -0.2) is 0 Å². The summed E-state index contributed by atoms with van der Waals surface area (Å²) in [5, 5.41) is 0. The normalized spacial score (nSPS) is 3.44. The van der Waals surface area contributed by atoms with Crippen LogP contribution in [0.3, 0.4) is 0 Å². The lowest BCUT2D eigenvalue weighted by molar-refractivity contribution is 1.50. The Morgan fingerprint density at radius 1 is 0.889 bits per heavy atom. The molecule has 0 aliphatic rings. The molecular formula is C4H17I3P2. The minimum absolute atomic E-state index is 1.40. The van der Waals surface area contributed by atoms with Crippen LogP contribution in [0.15, 0.2) is 0 Å². The zero-order valence-corrected chi connectivity index (χ0v) is 15.1. The molecule has 0 amide bonds. The van der Waals surface area contributed by atoms with Gasteiger partial charge < -0.3 is 0 Å². The van der Waals surface area contributed by atoms with Crippen molar-refractivity contribution in [3.63, 3.8) is 0 Å². The molecular weight excluding hydrogens is 491 g/mol. The smallest absolute Gasteiger partial charge is 0.107 e. The summed E-state index contributed by atoms with van der Waals surface area (Å²) < 4.78 is 5.72. The van der Waals surface area contributed by atoms with Crippen molar-refractivity contribution in [1.82, 2.24) is 0 Å². The van der Waals surface area contributed by atoms with E-state index in [1.807, 2.05) is 27.7 Å². The van der Waals surface area contributed by atoms with Gasteiger partial charge in [0.2, 0.25) is 0 Å². The summed E-state index contributed by atoms with van der Waals surface area (Å²) in [6, 6.07) is 0. The highest BCUT2D eigenvalue weighted by atomic mass is 127. The Kier molecular flexibility index (Phi) is 303. The zero-order chi connectivity index (χ0) is 10.0. The van der Waals surface area contributed by atoms with E-state index in [1.165, 1.54) is 23.8 Å². The molecule has 0 radical (unpaired) electrons. The van der Waals surface area contributed by atoms with Gasteiger partial charge in [0.15, 0.2) is 0 Å². The second kappa shape index (κ2) is 120. The molecule has 64 valence electrons. The first-order chi connectivity index (χ1) is 5.00. The molecule has 0 heterocycles. The highest BCUT2D eigenvalue weighted by Gasteiger charge is 0.939. The van der Waals surface area contributed by atoms with Gasteiger partial charge in [-0.05, 0) is 0 Å². The molecule has 0 rings (SSSR count). The maximum absolute atomic E-state index is 5.72. The van der Waals surface area contributed by atoms with Crippen LogP contribution in [0.25, 0.3) is 0 Å². The van der Waals surface area contributed by atoms with Crippen LogP contribution in [0.1, 0.15) is 27.7 Å². The minimum atomic E-state index is 1.40. The lowest BCUT2D eigenvalue weighted by Crippen LogP contribution is -0.856. The van der Waals surface area contributed by atoms with Crippen molar-refractivity contribution in [3.05, 3.63) is 0 Å². The summed E-state index contributed by atoms with van der Waals surface area (Å²) in [4.78, 5) is 0. The summed E-state index contributed by atoms with van der Waals surface area (Å²) >= 11 is 5.53. The molecule has 0 aliphatic heterocycles. The van der Waals surface area contributed by atoms with E-state index in [4.69, 9.17) is 0.594 Å². The Balaban J connectivity index is -0.0000000104. The van der Waals surface area contributed by atoms with Crippen molar-refractivity contribution in [3.8, 4) is 0 Å². The first-order valence-electron chi connectivity index (χ1n) is 2.81. The molecule has 0 bridgehead atoms. The van der Waals surface area contributed by atoms with Gasteiger partial charge in [0.1, 0.15) is 0.594 Å². The molecule has 0 fully saturated rings. The van der Waals surface area contributed by atoms with Gasteiger partial charge in [0.05, 0.1) is 0 Å². The Morgan fingerprint density at radius 2 is 0.889 bits per heavy atom. The van der Waals surface area contributed by atoms with Crippen LogP contribution < -0.4 is 0 Å². The summed E-state index contributed by atoms with van der Waals surface area (Å²) in [7, 11) is 0. The standard InChI is InChI=1S/2C2H6.2H2IP.HI/c4*1-2;/h2*1-2H3;2*2H2;1H/i/hD. The molecule has 2 atom stereocenters. The van der Waals surface area contributed by atoms with Gasteiger partial charge in [-0.3, -0.25) is 0 Å². The molecule has 5 heteroatoms. The lowest BCUT2D eigenvalue weighted by Gasteiger charge is -1.07. The number of rotatable bonds is 0. The van der Waals surface area contributed by atoms with Crippen LogP contribution in [-0.4, -0.2) is 0.594 Å². The third-order valence-electron chi connectivity index (χ3n) is 0. The van der Waals surface area contributed by atoms with E-state index < -0.39 is 0 Å². The van der Waals surface area contributed by atoms with Crippen LogP contribution in [0, 0.1) is 0 Å². The molecule has 0 aromatic heterocycles. The Labute approximate surface area is 108 Å². The van der Waals surface area contributed by atoms with Gasteiger partial charge in [-0.1, -0.05) is 85.5 Å². The van der Waals surface area contributed by atoms with Crippen LogP contribution in [-0.2, 0) is 0 Å². The fraction of sp³-hybridized carbons (Fsp3) is 1.00. The summed E-state index contributed by atoms with van der Waals surface area (Å²) in [6.45, 7) is 12.8. The Hall–Kier alpha value is 3.05. The van der Waals surface area contributed by atoms with E-state index in [0.29, 0.717) is 0 Å². The number of hydrogen-bond donors (Lipinski definition) is 0. The van der Waals surface area contributed by atoms with Crippen molar-refractivity contribution in [2.45, 2.75) is 27.7 Å². The van der Waals surface area contributed by atoms with Crippen molar-refractivity contribution < 1.29 is 0 Å². The molecule has 0 N–H and O–H groups in total. The van der Waals surface area contributed by atoms with Gasteiger partial charge in [-0.2, -0.15) is 0 Å². The van der Waals surface area contributed by atoms with Crippen molar-refractivity contribution >= 4 is 81.6 Å². The average molecular weight is 509 g/mol. The van der Waals surface area contributed by atoms with Crippen LogP contribution >= 0.6 is 81.6 Å². The van der Waals surface area contributed by atoms with Crippen molar-refractivity contribution in [1.29, 1.82) is 0.594 Å². The zero-order valence-electron chi connectivity index (χ0n) is 7.29. The van der Waals surface area contributed by atoms with E-state index in [-0.39, 0.29) is 0 Å². The van der Waals surface area contributed by atoms with Gasteiger partial charge >= 0.3 is 0 Å². The lowest BCUT2D eigenvalue weighted by atomic mass is 11.0. The van der Waals surface area contributed by atoms with E-state index >= 15 is 0 Å². The second-order valence-electron chi connectivity index (χ2n) is 0. The predicted molar refractivity (Wildman–Crippen MR) is 85.6 cm³/mol. The number of hydrogen-bond acceptors (Lipinski definition) is 0. The highest BCUT2D eigenvalue weighted by molar-refractivity contribution is 14.2. The van der Waals surface area contributed by atoms with E-state index in [0.717, 1.165) is 0 Å². The van der Waals surface area contributed by atoms with Gasteiger partial charge in [-0.15, -0.1) is 23.8 Å². The van der Waals surface area contributed by atoms with Crippen LogP contribution in [0.2, 0.25) is 0 Å². The molecule has 0 aliphatic carbocycles. The molecule has 0 aromatic rings. The molecule has 0 saturated carbocycles. The summed E-state index contributed by atoms with van der Waals surface area (Å²) in [6.07, 6.45) is 0. The average Bonchev–Trinajstić information content (AvgIpc) is 2.20. The van der Waals surface area contributed by atoms with E-state index in [2.05, 4.69) is 57.8 Å². The quantitative estimate of drug-likeness (QED) is 0.316. The van der Waals surface area contributed by atoms with Gasteiger partial charge in [0.25, 0.3) is 0 Å². The SMILES string of the molecule is CC.CC.PI.PI.[2H]I. The van der Waals surface area contributed by atoms with Gasteiger partial charge in [0, 0.05) is 0 Å². The molecule has 2 unspecified atom stereocenters. The van der Waals surface area contributed by atoms with Crippen LogP contribution in [0.5, 0.6) is 0 Å². The minimum Gasteiger partial charge on any atom is -0.107 e. The van der Waals surface area contributed by atoms with E-state index in [1.54, 1.807) is 0 Å². The fourth-order valence-corrected chi connectivity index (χ4v) is 0. The van der Waals surface area contributed by atoms with Crippen molar-refractivity contribution in [2.24, 2.45) is 0 Å². The fourth-order valence-electron chi connectivity index (χ4n) is 0. The maximum Gasteiger partial charge on any atom is 0.107 e. The van der Waals surface area contributed by atoms with Crippen molar-refractivity contribution in [2.75, 3.05) is 0 Å². The third-order valence-corrected chi connectivity index (χ3v) is 0.